The summed E-state index contributed by atoms with van der Waals surface area (Å²) in [7, 11) is 1.73. The highest BCUT2D eigenvalue weighted by atomic mass is 16.5. The van der Waals surface area contributed by atoms with E-state index in [2.05, 4.69) is 15.5 Å². The minimum Gasteiger partial charge on any atom is -0.361 e. The molecule has 1 N–H and O–H groups in total. The summed E-state index contributed by atoms with van der Waals surface area (Å²) < 4.78 is 5.19. The lowest BCUT2D eigenvalue weighted by molar-refractivity contribution is -0.117. The van der Waals surface area contributed by atoms with Gasteiger partial charge in [0, 0.05) is 25.4 Å². The molecular formula is C17H21N5O3. The van der Waals surface area contributed by atoms with Gasteiger partial charge in [-0.3, -0.25) is 9.59 Å². The summed E-state index contributed by atoms with van der Waals surface area (Å²) >= 11 is 0. The predicted octanol–water partition coefficient (Wildman–Crippen LogP) is 1.74. The fraction of sp³-hybridized carbons (Fsp3) is 0.412. The third-order valence-corrected chi connectivity index (χ3v) is 4.43. The molecule has 0 radical (unpaired) electrons. The Balaban J connectivity index is 1.99. The monoisotopic (exact) mass is 343 g/mol. The second-order valence-electron chi connectivity index (χ2n) is 6.05. The normalized spacial score (nSPS) is 13.4. The van der Waals surface area contributed by atoms with Crippen molar-refractivity contribution >= 4 is 23.3 Å². The molecule has 2 aromatic rings. The number of rotatable bonds is 4. The summed E-state index contributed by atoms with van der Waals surface area (Å²) in [5, 5.41) is 6.93. The fourth-order valence-electron chi connectivity index (χ4n) is 2.72. The average Bonchev–Trinajstić information content (AvgIpc) is 2.94. The van der Waals surface area contributed by atoms with Crippen LogP contribution in [0.2, 0.25) is 0 Å². The van der Waals surface area contributed by atoms with Crippen molar-refractivity contribution in [1.29, 1.82) is 0 Å². The molecule has 2 amide bonds. The lowest BCUT2D eigenvalue weighted by Crippen LogP contribution is -2.40. The molecule has 8 nitrogen and oxygen atoms in total. The molecule has 0 saturated heterocycles. The second-order valence-corrected chi connectivity index (χ2v) is 6.05. The average molecular weight is 343 g/mol. The molecule has 0 bridgehead atoms. The van der Waals surface area contributed by atoms with Gasteiger partial charge in [0.1, 0.15) is 5.76 Å². The Morgan fingerprint density at radius 2 is 2.20 bits per heavy atom. The van der Waals surface area contributed by atoms with Crippen molar-refractivity contribution in [1.82, 2.24) is 15.0 Å². The van der Waals surface area contributed by atoms with Crippen molar-refractivity contribution in [2.45, 2.75) is 27.3 Å². The molecule has 25 heavy (non-hydrogen) atoms. The second kappa shape index (κ2) is 6.54. The number of pyridine rings is 1. The van der Waals surface area contributed by atoms with Crippen LogP contribution in [0.5, 0.6) is 0 Å². The van der Waals surface area contributed by atoms with Crippen LogP contribution in [0.25, 0.3) is 0 Å². The number of aromatic nitrogens is 2. The molecular weight excluding hydrogens is 322 g/mol. The van der Waals surface area contributed by atoms with Crippen LogP contribution in [0.4, 0.5) is 11.5 Å². The van der Waals surface area contributed by atoms with E-state index in [1.165, 1.54) is 6.20 Å². The molecule has 0 fully saturated rings. The van der Waals surface area contributed by atoms with E-state index in [0.717, 1.165) is 11.3 Å². The number of carbonyl (C=O) groups excluding carboxylic acids is 2. The number of anilines is 2. The molecule has 0 aromatic carbocycles. The van der Waals surface area contributed by atoms with E-state index in [9.17, 15) is 9.59 Å². The van der Waals surface area contributed by atoms with E-state index in [0.29, 0.717) is 35.9 Å². The third-order valence-electron chi connectivity index (χ3n) is 4.43. The Kier molecular flexibility index (Phi) is 4.43. The molecule has 0 aliphatic carbocycles. The van der Waals surface area contributed by atoms with Gasteiger partial charge in [0.15, 0.2) is 5.82 Å². The number of carbonyl (C=O) groups is 2. The topological polar surface area (TPSA) is 91.6 Å². The minimum atomic E-state index is -0.131. The molecule has 0 atom stereocenters. The number of fused-ring (bicyclic) bond motifs is 1. The van der Waals surface area contributed by atoms with Crippen LogP contribution >= 0.6 is 0 Å². The Morgan fingerprint density at radius 3 is 2.84 bits per heavy atom. The summed E-state index contributed by atoms with van der Waals surface area (Å²) in [5.74, 6) is 1.04. The van der Waals surface area contributed by atoms with Gasteiger partial charge in [-0.2, -0.15) is 0 Å². The van der Waals surface area contributed by atoms with Crippen molar-refractivity contribution in [2.75, 3.05) is 30.4 Å². The SMILES string of the molecule is CCN(C)C(=O)c1cnc2c(c1)N(Cc1c(C)noc1C)C(=O)CN2. The van der Waals surface area contributed by atoms with Crippen LogP contribution in [0, 0.1) is 13.8 Å². The summed E-state index contributed by atoms with van der Waals surface area (Å²) in [6, 6.07) is 1.71. The smallest absolute Gasteiger partial charge is 0.255 e. The van der Waals surface area contributed by atoms with Gasteiger partial charge in [0.05, 0.1) is 30.0 Å². The molecule has 3 heterocycles. The number of amides is 2. The van der Waals surface area contributed by atoms with Gasteiger partial charge in [-0.15, -0.1) is 0 Å². The molecule has 0 spiro atoms. The zero-order chi connectivity index (χ0) is 18.1. The van der Waals surface area contributed by atoms with Crippen LogP contribution in [-0.2, 0) is 11.3 Å². The van der Waals surface area contributed by atoms with E-state index in [1.807, 2.05) is 20.8 Å². The standard InChI is InChI=1S/C17H21N5O3/c1-5-21(4)17(24)12-6-14-16(18-7-12)19-8-15(23)22(14)9-13-10(2)20-25-11(13)3/h6-7H,5,8-9H2,1-4H3,(H,18,19). The zero-order valence-electron chi connectivity index (χ0n) is 14.8. The first-order valence-electron chi connectivity index (χ1n) is 8.13. The highest BCUT2D eigenvalue weighted by molar-refractivity contribution is 6.04. The maximum atomic E-state index is 12.5. The van der Waals surface area contributed by atoms with E-state index >= 15 is 0 Å². The summed E-state index contributed by atoms with van der Waals surface area (Å²) in [6.07, 6.45) is 1.53. The third kappa shape index (κ3) is 3.07. The molecule has 3 rings (SSSR count). The van der Waals surface area contributed by atoms with E-state index < -0.39 is 0 Å². The van der Waals surface area contributed by atoms with Gasteiger partial charge in [0.25, 0.3) is 5.91 Å². The fourth-order valence-corrected chi connectivity index (χ4v) is 2.72. The van der Waals surface area contributed by atoms with Gasteiger partial charge < -0.3 is 19.6 Å². The van der Waals surface area contributed by atoms with Gasteiger partial charge >= 0.3 is 0 Å². The van der Waals surface area contributed by atoms with Crippen molar-refractivity contribution in [2.24, 2.45) is 0 Å². The van der Waals surface area contributed by atoms with E-state index in [1.54, 1.807) is 22.9 Å². The maximum absolute atomic E-state index is 12.5. The maximum Gasteiger partial charge on any atom is 0.255 e. The molecule has 2 aromatic heterocycles. The van der Waals surface area contributed by atoms with E-state index in [-0.39, 0.29) is 18.4 Å². The Bertz CT molecular complexity index is 810. The van der Waals surface area contributed by atoms with Crippen molar-refractivity contribution in [3.63, 3.8) is 0 Å². The van der Waals surface area contributed by atoms with Crippen molar-refractivity contribution in [3.05, 3.63) is 34.8 Å². The van der Waals surface area contributed by atoms with Crippen molar-refractivity contribution < 1.29 is 14.1 Å². The molecule has 0 saturated carbocycles. The quantitative estimate of drug-likeness (QED) is 0.909. The molecule has 0 unspecified atom stereocenters. The number of nitrogens with zero attached hydrogens (tertiary/aromatic N) is 4. The number of hydrogen-bond acceptors (Lipinski definition) is 6. The highest BCUT2D eigenvalue weighted by Crippen LogP contribution is 2.31. The summed E-state index contributed by atoms with van der Waals surface area (Å²) in [6.45, 7) is 6.64. The van der Waals surface area contributed by atoms with Gasteiger partial charge in [-0.05, 0) is 26.8 Å². The van der Waals surface area contributed by atoms with Gasteiger partial charge in [-0.25, -0.2) is 4.98 Å². The first-order chi connectivity index (χ1) is 11.9. The summed E-state index contributed by atoms with van der Waals surface area (Å²) in [5.41, 5.74) is 2.65. The number of hydrogen-bond donors (Lipinski definition) is 1. The minimum absolute atomic E-state index is 0.0947. The van der Waals surface area contributed by atoms with Crippen LogP contribution < -0.4 is 10.2 Å². The number of aryl methyl sites for hydroxylation is 2. The predicted molar refractivity (Wildman–Crippen MR) is 92.5 cm³/mol. The van der Waals surface area contributed by atoms with E-state index in [4.69, 9.17) is 4.52 Å². The molecule has 132 valence electrons. The molecule has 1 aliphatic heterocycles. The first kappa shape index (κ1) is 16.9. The van der Waals surface area contributed by atoms with Crippen LogP contribution in [0.3, 0.4) is 0 Å². The largest absolute Gasteiger partial charge is 0.361 e. The van der Waals surface area contributed by atoms with Crippen LogP contribution in [-0.4, -0.2) is 47.0 Å². The Labute approximate surface area is 145 Å². The Hall–Kier alpha value is -2.90. The lowest BCUT2D eigenvalue weighted by Gasteiger charge is -2.30. The Morgan fingerprint density at radius 1 is 1.44 bits per heavy atom. The first-order valence-corrected chi connectivity index (χ1v) is 8.13. The van der Waals surface area contributed by atoms with Gasteiger partial charge in [0.2, 0.25) is 5.91 Å². The highest BCUT2D eigenvalue weighted by Gasteiger charge is 2.28. The number of nitrogens with one attached hydrogen (secondary N) is 1. The van der Waals surface area contributed by atoms with Gasteiger partial charge in [-0.1, -0.05) is 5.16 Å². The van der Waals surface area contributed by atoms with Crippen LogP contribution in [0.1, 0.15) is 34.3 Å². The van der Waals surface area contributed by atoms with Crippen LogP contribution in [0.15, 0.2) is 16.8 Å². The summed E-state index contributed by atoms with van der Waals surface area (Å²) in [4.78, 5) is 32.4. The van der Waals surface area contributed by atoms with Crippen molar-refractivity contribution in [3.8, 4) is 0 Å². The molecule has 1 aliphatic rings. The lowest BCUT2D eigenvalue weighted by atomic mass is 10.1. The zero-order valence-corrected chi connectivity index (χ0v) is 14.8. The molecule has 8 heteroatoms.